The van der Waals surface area contributed by atoms with Gasteiger partial charge in [0.2, 0.25) is 0 Å². The van der Waals surface area contributed by atoms with Gasteiger partial charge in [0.25, 0.3) is 0 Å². The Labute approximate surface area is 115 Å². The van der Waals surface area contributed by atoms with Gasteiger partial charge in [-0.15, -0.1) is 0 Å². The van der Waals surface area contributed by atoms with E-state index in [1.54, 1.807) is 6.92 Å². The Morgan fingerprint density at radius 2 is 1.79 bits per heavy atom. The van der Waals surface area contributed by atoms with E-state index in [1.807, 2.05) is 30.3 Å². The van der Waals surface area contributed by atoms with Crippen LogP contribution in [0.25, 0.3) is 0 Å². The number of carbonyl (C=O) groups excluding carboxylic acids is 2. The number of Topliss-reactive ketones (excluding diaryl/α,β-unsaturated/α-hetero) is 1. The number of rotatable bonds is 8. The minimum atomic E-state index is -0.218. The molecular weight excluding hydrogens is 240 g/mol. The van der Waals surface area contributed by atoms with E-state index >= 15 is 0 Å². The zero-order valence-electron chi connectivity index (χ0n) is 11.7. The summed E-state index contributed by atoms with van der Waals surface area (Å²) in [5.74, 6) is -0.173. The van der Waals surface area contributed by atoms with Crippen molar-refractivity contribution in [3.05, 3.63) is 35.9 Å². The Kier molecular flexibility index (Phi) is 6.86. The van der Waals surface area contributed by atoms with Gasteiger partial charge in [0.1, 0.15) is 0 Å². The van der Waals surface area contributed by atoms with E-state index in [-0.39, 0.29) is 17.7 Å². The summed E-state index contributed by atoms with van der Waals surface area (Å²) in [5.41, 5.74) is 0.727. The van der Waals surface area contributed by atoms with Crippen molar-refractivity contribution in [2.24, 2.45) is 5.92 Å². The quantitative estimate of drug-likeness (QED) is 0.531. The second-order valence-electron chi connectivity index (χ2n) is 4.56. The molecule has 19 heavy (non-hydrogen) atoms. The zero-order valence-corrected chi connectivity index (χ0v) is 11.7. The van der Waals surface area contributed by atoms with Crippen LogP contribution in [0.15, 0.2) is 30.3 Å². The Morgan fingerprint density at radius 1 is 1.11 bits per heavy atom. The molecule has 3 heteroatoms. The highest BCUT2D eigenvalue weighted by molar-refractivity contribution is 5.97. The maximum absolute atomic E-state index is 12.4. The second-order valence-corrected chi connectivity index (χ2v) is 4.56. The molecule has 1 unspecified atom stereocenters. The van der Waals surface area contributed by atoms with Gasteiger partial charge >= 0.3 is 5.97 Å². The summed E-state index contributed by atoms with van der Waals surface area (Å²) in [7, 11) is 0. The highest BCUT2D eigenvalue weighted by Gasteiger charge is 2.20. The average molecular weight is 262 g/mol. The van der Waals surface area contributed by atoms with Crippen molar-refractivity contribution in [1.29, 1.82) is 0 Å². The fourth-order valence-corrected chi connectivity index (χ4v) is 2.12. The predicted octanol–water partition coefficient (Wildman–Crippen LogP) is 3.63. The molecule has 1 atom stereocenters. The van der Waals surface area contributed by atoms with Crippen LogP contribution < -0.4 is 0 Å². The molecule has 1 rings (SSSR count). The Morgan fingerprint density at radius 3 is 2.37 bits per heavy atom. The summed E-state index contributed by atoms with van der Waals surface area (Å²) in [6.45, 7) is 4.23. The van der Waals surface area contributed by atoms with E-state index in [0.717, 1.165) is 18.4 Å². The summed E-state index contributed by atoms with van der Waals surface area (Å²) < 4.78 is 4.91. The number of benzene rings is 1. The fraction of sp³-hybridized carbons (Fsp3) is 0.500. The van der Waals surface area contributed by atoms with Crippen LogP contribution in [0.1, 0.15) is 49.9 Å². The lowest BCUT2D eigenvalue weighted by molar-refractivity contribution is -0.143. The lowest BCUT2D eigenvalue weighted by atomic mass is 9.89. The molecule has 0 aliphatic heterocycles. The van der Waals surface area contributed by atoms with Gasteiger partial charge in [-0.25, -0.2) is 0 Å². The van der Waals surface area contributed by atoms with Gasteiger partial charge in [0.05, 0.1) is 6.61 Å². The maximum atomic E-state index is 12.4. The van der Waals surface area contributed by atoms with E-state index in [0.29, 0.717) is 19.4 Å². The third-order valence-electron chi connectivity index (χ3n) is 3.07. The second kappa shape index (κ2) is 8.46. The summed E-state index contributed by atoms with van der Waals surface area (Å²) >= 11 is 0. The van der Waals surface area contributed by atoms with Gasteiger partial charge in [-0.2, -0.15) is 0 Å². The lowest BCUT2D eigenvalue weighted by Gasteiger charge is -2.14. The Bertz CT molecular complexity index is 398. The molecule has 0 saturated heterocycles. The number of hydrogen-bond donors (Lipinski definition) is 0. The topological polar surface area (TPSA) is 43.4 Å². The molecule has 1 aromatic rings. The van der Waals surface area contributed by atoms with Crippen LogP contribution in [0.5, 0.6) is 0 Å². The SMILES string of the molecule is CCCC(CCC(=O)OCC)C(=O)c1ccccc1. The first-order chi connectivity index (χ1) is 9.19. The number of ether oxygens (including phenoxy) is 1. The maximum Gasteiger partial charge on any atom is 0.305 e. The summed E-state index contributed by atoms with van der Waals surface area (Å²) in [5, 5.41) is 0. The molecule has 0 aliphatic rings. The molecule has 1 aromatic carbocycles. The molecule has 0 N–H and O–H groups in total. The fourth-order valence-electron chi connectivity index (χ4n) is 2.12. The molecular formula is C16H22O3. The van der Waals surface area contributed by atoms with Crippen molar-refractivity contribution >= 4 is 11.8 Å². The van der Waals surface area contributed by atoms with Gasteiger partial charge in [0, 0.05) is 17.9 Å². The summed E-state index contributed by atoms with van der Waals surface area (Å²) in [6.07, 6.45) is 2.64. The first-order valence-corrected chi connectivity index (χ1v) is 6.93. The third kappa shape index (κ3) is 5.25. The number of ketones is 1. The molecule has 0 aromatic heterocycles. The van der Waals surface area contributed by atoms with Gasteiger partial charge in [0.15, 0.2) is 5.78 Å². The minimum Gasteiger partial charge on any atom is -0.466 e. The van der Waals surface area contributed by atoms with Crippen LogP contribution in [0.4, 0.5) is 0 Å². The summed E-state index contributed by atoms with van der Waals surface area (Å²) in [6, 6.07) is 9.28. The molecule has 0 saturated carbocycles. The van der Waals surface area contributed by atoms with Crippen molar-refractivity contribution in [2.75, 3.05) is 6.61 Å². The number of hydrogen-bond acceptors (Lipinski definition) is 3. The predicted molar refractivity (Wildman–Crippen MR) is 75.0 cm³/mol. The largest absolute Gasteiger partial charge is 0.466 e. The van der Waals surface area contributed by atoms with Crippen LogP contribution in [-0.4, -0.2) is 18.4 Å². The molecule has 0 aliphatic carbocycles. The normalized spacial score (nSPS) is 11.9. The first kappa shape index (κ1) is 15.4. The van der Waals surface area contributed by atoms with Crippen molar-refractivity contribution in [2.45, 2.75) is 39.5 Å². The van der Waals surface area contributed by atoms with Crippen LogP contribution >= 0.6 is 0 Å². The zero-order chi connectivity index (χ0) is 14.1. The molecule has 0 heterocycles. The van der Waals surface area contributed by atoms with E-state index in [9.17, 15) is 9.59 Å². The van der Waals surface area contributed by atoms with Crippen LogP contribution in [-0.2, 0) is 9.53 Å². The first-order valence-electron chi connectivity index (χ1n) is 6.93. The molecule has 0 spiro atoms. The van der Waals surface area contributed by atoms with Crippen LogP contribution in [0.3, 0.4) is 0 Å². The van der Waals surface area contributed by atoms with E-state index in [1.165, 1.54) is 0 Å². The molecule has 0 fully saturated rings. The van der Waals surface area contributed by atoms with E-state index in [2.05, 4.69) is 6.92 Å². The molecule has 3 nitrogen and oxygen atoms in total. The Hall–Kier alpha value is -1.64. The van der Waals surface area contributed by atoms with E-state index in [4.69, 9.17) is 4.74 Å². The van der Waals surface area contributed by atoms with Crippen LogP contribution in [0, 0.1) is 5.92 Å². The van der Waals surface area contributed by atoms with Crippen LogP contribution in [0.2, 0.25) is 0 Å². The van der Waals surface area contributed by atoms with E-state index < -0.39 is 0 Å². The smallest absolute Gasteiger partial charge is 0.305 e. The van der Waals surface area contributed by atoms with Gasteiger partial charge < -0.3 is 4.74 Å². The third-order valence-corrected chi connectivity index (χ3v) is 3.07. The lowest BCUT2D eigenvalue weighted by Crippen LogP contribution is -2.17. The molecule has 0 bridgehead atoms. The standard InChI is InChI=1S/C16H22O3/c1-3-8-13(11-12-15(17)19-4-2)16(18)14-9-6-5-7-10-14/h5-7,9-10,13H,3-4,8,11-12H2,1-2H3. The number of carbonyl (C=O) groups is 2. The van der Waals surface area contributed by atoms with Gasteiger partial charge in [-0.3, -0.25) is 9.59 Å². The van der Waals surface area contributed by atoms with Crippen molar-refractivity contribution in [3.63, 3.8) is 0 Å². The monoisotopic (exact) mass is 262 g/mol. The van der Waals surface area contributed by atoms with Crippen molar-refractivity contribution in [1.82, 2.24) is 0 Å². The molecule has 104 valence electrons. The van der Waals surface area contributed by atoms with Crippen molar-refractivity contribution in [3.8, 4) is 0 Å². The average Bonchev–Trinajstić information content (AvgIpc) is 2.44. The minimum absolute atomic E-state index is 0.0863. The summed E-state index contributed by atoms with van der Waals surface area (Å²) in [4.78, 5) is 23.7. The molecule has 0 radical (unpaired) electrons. The highest BCUT2D eigenvalue weighted by atomic mass is 16.5. The number of esters is 1. The van der Waals surface area contributed by atoms with Gasteiger partial charge in [-0.05, 0) is 19.8 Å². The molecule has 0 amide bonds. The van der Waals surface area contributed by atoms with Gasteiger partial charge in [-0.1, -0.05) is 43.7 Å². The highest BCUT2D eigenvalue weighted by Crippen LogP contribution is 2.19. The van der Waals surface area contributed by atoms with Crippen molar-refractivity contribution < 1.29 is 14.3 Å². The Balaban J connectivity index is 2.61.